The van der Waals surface area contributed by atoms with E-state index in [9.17, 15) is 9.59 Å². The second-order valence-corrected chi connectivity index (χ2v) is 6.74. The van der Waals surface area contributed by atoms with E-state index in [4.69, 9.17) is 9.52 Å². The molecule has 8 nitrogen and oxygen atoms in total. The molecule has 1 saturated carbocycles. The van der Waals surface area contributed by atoms with E-state index in [0.29, 0.717) is 18.1 Å². The van der Waals surface area contributed by atoms with Crippen LogP contribution in [0.4, 0.5) is 10.5 Å². The normalized spacial score (nSPS) is 18.8. The van der Waals surface area contributed by atoms with Crippen LogP contribution in [0.3, 0.4) is 0 Å². The fourth-order valence-electron chi connectivity index (χ4n) is 3.28. The van der Waals surface area contributed by atoms with Crippen LogP contribution in [0.25, 0.3) is 11.5 Å². The number of aromatic nitrogens is 1. The topological polar surface area (TPSA) is 108 Å². The van der Waals surface area contributed by atoms with Crippen LogP contribution >= 0.6 is 0 Å². The van der Waals surface area contributed by atoms with Crippen molar-refractivity contribution in [2.45, 2.75) is 38.8 Å². The molecule has 0 saturated heterocycles. The number of oxazole rings is 1. The molecule has 27 heavy (non-hydrogen) atoms. The van der Waals surface area contributed by atoms with Crippen LogP contribution in [-0.4, -0.2) is 52.2 Å². The van der Waals surface area contributed by atoms with Crippen LogP contribution in [-0.2, 0) is 4.79 Å². The average Bonchev–Trinajstić information content (AvgIpc) is 3.12. The summed E-state index contributed by atoms with van der Waals surface area (Å²) < 4.78 is 5.30. The van der Waals surface area contributed by atoms with E-state index < -0.39 is 5.97 Å². The Hall–Kier alpha value is -2.87. The molecule has 0 unspecified atom stereocenters. The molecule has 0 aliphatic heterocycles. The number of nitrogens with zero attached hydrogens (tertiary/aromatic N) is 2. The van der Waals surface area contributed by atoms with Crippen LogP contribution in [0.15, 0.2) is 35.1 Å². The van der Waals surface area contributed by atoms with Crippen LogP contribution in [0, 0.1) is 6.92 Å². The summed E-state index contributed by atoms with van der Waals surface area (Å²) in [6.45, 7) is 4.58. The maximum Gasteiger partial charge on any atom is 0.319 e. The summed E-state index contributed by atoms with van der Waals surface area (Å²) in [6, 6.07) is 5.60. The van der Waals surface area contributed by atoms with Gasteiger partial charge in [-0.05, 0) is 44.0 Å². The van der Waals surface area contributed by atoms with E-state index >= 15 is 0 Å². The van der Waals surface area contributed by atoms with E-state index in [2.05, 4.69) is 15.6 Å². The zero-order valence-electron chi connectivity index (χ0n) is 15.4. The first-order chi connectivity index (χ1) is 13.0. The van der Waals surface area contributed by atoms with E-state index in [-0.39, 0.29) is 24.7 Å². The lowest BCUT2D eigenvalue weighted by Crippen LogP contribution is -2.55. The minimum atomic E-state index is -0.826. The lowest BCUT2D eigenvalue weighted by atomic mass is 9.85. The third-order valence-corrected chi connectivity index (χ3v) is 4.87. The third kappa shape index (κ3) is 4.65. The fourth-order valence-corrected chi connectivity index (χ4v) is 3.28. The number of rotatable bonds is 7. The van der Waals surface area contributed by atoms with Gasteiger partial charge in [0.05, 0.1) is 12.7 Å². The summed E-state index contributed by atoms with van der Waals surface area (Å²) in [6.07, 6.45) is 4.59. The van der Waals surface area contributed by atoms with Gasteiger partial charge in [-0.3, -0.25) is 9.69 Å². The van der Waals surface area contributed by atoms with Crippen LogP contribution in [0.5, 0.6) is 0 Å². The number of amides is 2. The molecule has 0 radical (unpaired) electrons. The number of carboxylic acids is 1. The zero-order chi connectivity index (χ0) is 19.4. The smallest absolute Gasteiger partial charge is 0.319 e. The summed E-state index contributed by atoms with van der Waals surface area (Å²) in [4.78, 5) is 29.2. The van der Waals surface area contributed by atoms with E-state index in [1.807, 2.05) is 36.9 Å². The second-order valence-electron chi connectivity index (χ2n) is 6.74. The second kappa shape index (κ2) is 8.22. The van der Waals surface area contributed by atoms with Crippen molar-refractivity contribution < 1.29 is 19.1 Å². The molecule has 1 aliphatic rings. The Labute approximate surface area is 157 Å². The standard InChI is InChI=1S/C19H24N4O4/c1-3-23(11-17(24)25)15-9-14(10-15)21-19(26)22-16-8-13(5-4-12(16)2)18-20-6-7-27-18/h4-8,14-15H,3,9-11H2,1-2H3,(H,24,25)(H2,21,22,26). The number of carbonyl (C=O) groups is 2. The monoisotopic (exact) mass is 372 g/mol. The van der Waals surface area contributed by atoms with E-state index in [0.717, 1.165) is 24.0 Å². The van der Waals surface area contributed by atoms with Gasteiger partial charge in [0.2, 0.25) is 5.89 Å². The van der Waals surface area contributed by atoms with Crippen LogP contribution in [0.1, 0.15) is 25.3 Å². The van der Waals surface area contributed by atoms with Gasteiger partial charge in [0.1, 0.15) is 6.26 Å². The van der Waals surface area contributed by atoms with Gasteiger partial charge < -0.3 is 20.2 Å². The molecule has 0 atom stereocenters. The van der Waals surface area contributed by atoms with E-state index in [1.54, 1.807) is 6.20 Å². The highest BCUT2D eigenvalue weighted by atomic mass is 16.4. The molecular formula is C19H24N4O4. The largest absolute Gasteiger partial charge is 0.480 e. The number of anilines is 1. The third-order valence-electron chi connectivity index (χ3n) is 4.87. The molecule has 0 bridgehead atoms. The lowest BCUT2D eigenvalue weighted by molar-refractivity contribution is -0.139. The molecule has 1 heterocycles. The maximum absolute atomic E-state index is 12.3. The first kappa shape index (κ1) is 18.9. The Morgan fingerprint density at radius 2 is 2.15 bits per heavy atom. The van der Waals surface area contributed by atoms with Crippen molar-refractivity contribution in [3.8, 4) is 11.5 Å². The number of aryl methyl sites for hydroxylation is 1. The molecule has 1 aromatic heterocycles. The van der Waals surface area contributed by atoms with Crippen LogP contribution in [0.2, 0.25) is 0 Å². The minimum absolute atomic E-state index is 0.0346. The zero-order valence-corrected chi connectivity index (χ0v) is 15.4. The Kier molecular flexibility index (Phi) is 5.75. The quantitative estimate of drug-likeness (QED) is 0.690. The molecule has 1 fully saturated rings. The number of hydrogen-bond acceptors (Lipinski definition) is 5. The Bertz CT molecular complexity index is 800. The van der Waals surface area contributed by atoms with Crippen molar-refractivity contribution in [1.82, 2.24) is 15.2 Å². The molecule has 144 valence electrons. The van der Waals surface area contributed by atoms with Crippen LogP contribution < -0.4 is 10.6 Å². The van der Waals surface area contributed by atoms with Gasteiger partial charge >= 0.3 is 12.0 Å². The predicted molar refractivity (Wildman–Crippen MR) is 101 cm³/mol. The molecule has 2 aromatic rings. The Balaban J connectivity index is 1.53. The van der Waals surface area contributed by atoms with E-state index in [1.165, 1.54) is 6.26 Å². The molecule has 3 rings (SSSR count). The number of benzene rings is 1. The number of carbonyl (C=O) groups excluding carboxylic acids is 1. The highest BCUT2D eigenvalue weighted by molar-refractivity contribution is 5.91. The molecule has 1 aromatic carbocycles. The van der Waals surface area contributed by atoms with Gasteiger partial charge in [-0.15, -0.1) is 0 Å². The van der Waals surface area contributed by atoms with Crippen molar-refractivity contribution in [2.75, 3.05) is 18.4 Å². The average molecular weight is 372 g/mol. The molecule has 1 aliphatic carbocycles. The highest BCUT2D eigenvalue weighted by Gasteiger charge is 2.34. The number of hydrogen-bond donors (Lipinski definition) is 3. The molecule has 8 heteroatoms. The summed E-state index contributed by atoms with van der Waals surface area (Å²) in [7, 11) is 0. The fraction of sp³-hybridized carbons (Fsp3) is 0.421. The first-order valence-corrected chi connectivity index (χ1v) is 9.00. The summed E-state index contributed by atoms with van der Waals surface area (Å²) in [5.41, 5.74) is 2.42. The number of likely N-dealkylation sites (N-methyl/N-ethyl adjacent to an activating group) is 1. The van der Waals surface area contributed by atoms with Crippen molar-refractivity contribution >= 4 is 17.7 Å². The summed E-state index contributed by atoms with van der Waals surface area (Å²) >= 11 is 0. The van der Waals surface area contributed by atoms with Gasteiger partial charge in [-0.25, -0.2) is 9.78 Å². The van der Waals surface area contributed by atoms with Crippen molar-refractivity contribution in [3.05, 3.63) is 36.2 Å². The van der Waals surface area contributed by atoms with Gasteiger partial charge in [-0.1, -0.05) is 13.0 Å². The summed E-state index contributed by atoms with van der Waals surface area (Å²) in [5, 5.41) is 14.8. The Morgan fingerprint density at radius 1 is 1.37 bits per heavy atom. The van der Waals surface area contributed by atoms with Gasteiger partial charge in [0.15, 0.2) is 0 Å². The summed E-state index contributed by atoms with van der Waals surface area (Å²) in [5.74, 6) is -0.328. The number of urea groups is 1. The number of carboxylic acid groups (broad SMARTS) is 1. The first-order valence-electron chi connectivity index (χ1n) is 9.00. The van der Waals surface area contributed by atoms with Gasteiger partial charge in [-0.2, -0.15) is 0 Å². The predicted octanol–water partition coefficient (Wildman–Crippen LogP) is 2.71. The van der Waals surface area contributed by atoms with Gasteiger partial charge in [0, 0.05) is 23.3 Å². The van der Waals surface area contributed by atoms with Gasteiger partial charge in [0.25, 0.3) is 0 Å². The molecule has 0 spiro atoms. The maximum atomic E-state index is 12.3. The van der Waals surface area contributed by atoms with Crippen molar-refractivity contribution in [2.24, 2.45) is 0 Å². The lowest BCUT2D eigenvalue weighted by Gasteiger charge is -2.42. The number of aliphatic carboxylic acids is 1. The molecule has 3 N–H and O–H groups in total. The minimum Gasteiger partial charge on any atom is -0.480 e. The van der Waals surface area contributed by atoms with Crippen molar-refractivity contribution in [1.29, 1.82) is 0 Å². The highest BCUT2D eigenvalue weighted by Crippen LogP contribution is 2.27. The Morgan fingerprint density at radius 3 is 2.78 bits per heavy atom. The SMILES string of the molecule is CCN(CC(=O)O)C1CC(NC(=O)Nc2cc(-c3ncco3)ccc2C)C1. The number of nitrogens with one attached hydrogen (secondary N) is 2. The molecule has 2 amide bonds. The van der Waals surface area contributed by atoms with Crippen molar-refractivity contribution in [3.63, 3.8) is 0 Å². The molecular weight excluding hydrogens is 348 g/mol.